The Morgan fingerprint density at radius 2 is 1.91 bits per heavy atom. The van der Waals surface area contributed by atoms with Gasteiger partial charge in [0, 0.05) is 18.1 Å². The molecule has 2 aromatic carbocycles. The molecular formula is C25H25ClN4O4. The molecule has 0 saturated carbocycles. The van der Waals surface area contributed by atoms with E-state index in [1.54, 1.807) is 25.1 Å². The number of imidazole rings is 1. The van der Waals surface area contributed by atoms with E-state index >= 15 is 0 Å². The van der Waals surface area contributed by atoms with Crippen molar-refractivity contribution in [2.24, 2.45) is 0 Å². The minimum Gasteiger partial charge on any atom is -0.464 e. The molecule has 2 heterocycles. The number of benzene rings is 2. The second kappa shape index (κ2) is 9.30. The summed E-state index contributed by atoms with van der Waals surface area (Å²) in [5.41, 5.74) is 1.60. The average Bonchev–Trinajstić information content (AvgIpc) is 3.24. The van der Waals surface area contributed by atoms with Crippen LogP contribution in [0.2, 0.25) is 5.02 Å². The third kappa shape index (κ3) is 4.41. The van der Waals surface area contributed by atoms with Gasteiger partial charge in [0.25, 0.3) is 5.91 Å². The van der Waals surface area contributed by atoms with Crippen molar-refractivity contribution in [2.45, 2.75) is 39.0 Å². The monoisotopic (exact) mass is 480 g/mol. The van der Waals surface area contributed by atoms with Gasteiger partial charge in [0.15, 0.2) is 5.69 Å². The van der Waals surface area contributed by atoms with Gasteiger partial charge in [-0.15, -0.1) is 0 Å². The number of methoxy groups -OCH3 is 1. The summed E-state index contributed by atoms with van der Waals surface area (Å²) in [6, 6.07) is 14.9. The number of nitrogens with zero attached hydrogens (tertiary/aromatic N) is 3. The van der Waals surface area contributed by atoms with E-state index < -0.39 is 17.4 Å². The molecule has 8 nitrogen and oxygen atoms in total. The Balaban J connectivity index is 1.69. The Labute approximate surface area is 202 Å². The van der Waals surface area contributed by atoms with E-state index in [9.17, 15) is 14.4 Å². The molecule has 0 radical (unpaired) electrons. The Bertz CT molecular complexity index is 1250. The zero-order valence-corrected chi connectivity index (χ0v) is 19.9. The van der Waals surface area contributed by atoms with Crippen molar-refractivity contribution in [1.82, 2.24) is 19.8 Å². The van der Waals surface area contributed by atoms with Crippen LogP contribution in [-0.4, -0.2) is 44.9 Å². The molecule has 1 N–H and O–H groups in total. The lowest BCUT2D eigenvalue weighted by atomic mass is 9.93. The molecule has 1 aliphatic heterocycles. The highest BCUT2D eigenvalue weighted by Gasteiger charge is 2.48. The van der Waals surface area contributed by atoms with E-state index in [2.05, 4.69) is 10.3 Å². The molecule has 4 rings (SSSR count). The highest BCUT2D eigenvalue weighted by molar-refractivity contribution is 6.30. The molecule has 0 aliphatic carbocycles. The first kappa shape index (κ1) is 23.5. The van der Waals surface area contributed by atoms with Crippen molar-refractivity contribution in [2.75, 3.05) is 7.11 Å². The Morgan fingerprint density at radius 1 is 1.18 bits per heavy atom. The van der Waals surface area contributed by atoms with Crippen LogP contribution < -0.4 is 5.32 Å². The van der Waals surface area contributed by atoms with Gasteiger partial charge in [-0.1, -0.05) is 53.6 Å². The molecular weight excluding hydrogens is 456 g/mol. The maximum absolute atomic E-state index is 13.7. The molecule has 9 heteroatoms. The van der Waals surface area contributed by atoms with Crippen molar-refractivity contribution in [3.05, 3.63) is 88.0 Å². The number of hydrogen-bond acceptors (Lipinski definition) is 5. The zero-order valence-electron chi connectivity index (χ0n) is 19.2. The molecule has 0 bridgehead atoms. The minimum absolute atomic E-state index is 0.0780. The highest BCUT2D eigenvalue weighted by Crippen LogP contribution is 2.31. The number of aryl methyl sites for hydroxylation is 1. The molecule has 0 unspecified atom stereocenters. The lowest BCUT2D eigenvalue weighted by Gasteiger charge is -2.43. The SMILES string of the molecule is COC(=O)c1ncn2c1C(=O)N(Cc1cccc(Cl)c1)[C@@](C)(C(=O)NCc1ccc(C)cc1)C2. The molecule has 0 saturated heterocycles. The van der Waals surface area contributed by atoms with Crippen molar-refractivity contribution in [1.29, 1.82) is 0 Å². The second-order valence-corrected chi connectivity index (χ2v) is 8.96. The van der Waals surface area contributed by atoms with Gasteiger partial charge in [-0.05, 0) is 37.1 Å². The standard InChI is InChI=1S/C25H25ClN4O4/c1-16-7-9-17(10-8-16)12-27-24(33)25(2)14-29-15-28-20(23(32)34-3)21(29)22(31)30(25)13-18-5-4-6-19(26)11-18/h4-11,15H,12-14H2,1-3H3,(H,27,33)/t25-/m1/s1. The number of fused-ring (bicyclic) bond motifs is 1. The van der Waals surface area contributed by atoms with Crippen LogP contribution in [0.1, 0.15) is 44.6 Å². The summed E-state index contributed by atoms with van der Waals surface area (Å²) in [6.45, 7) is 4.27. The Morgan fingerprint density at radius 3 is 2.59 bits per heavy atom. The molecule has 1 atom stereocenters. The molecule has 34 heavy (non-hydrogen) atoms. The number of aromatic nitrogens is 2. The number of amides is 2. The molecule has 1 aliphatic rings. The van der Waals surface area contributed by atoms with Crippen LogP contribution in [0.4, 0.5) is 0 Å². The van der Waals surface area contributed by atoms with E-state index in [0.717, 1.165) is 16.7 Å². The maximum Gasteiger partial charge on any atom is 0.359 e. The lowest BCUT2D eigenvalue weighted by Crippen LogP contribution is -2.63. The lowest BCUT2D eigenvalue weighted by molar-refractivity contribution is -0.133. The fourth-order valence-electron chi connectivity index (χ4n) is 4.08. The molecule has 2 amide bonds. The van der Waals surface area contributed by atoms with Crippen molar-refractivity contribution in [3.8, 4) is 0 Å². The van der Waals surface area contributed by atoms with Crippen LogP contribution >= 0.6 is 11.6 Å². The first-order valence-electron chi connectivity index (χ1n) is 10.8. The van der Waals surface area contributed by atoms with Crippen LogP contribution in [0.25, 0.3) is 0 Å². The van der Waals surface area contributed by atoms with E-state index in [0.29, 0.717) is 11.6 Å². The van der Waals surface area contributed by atoms with Gasteiger partial charge < -0.3 is 19.5 Å². The van der Waals surface area contributed by atoms with Gasteiger partial charge in [-0.3, -0.25) is 9.59 Å². The van der Waals surface area contributed by atoms with Crippen LogP contribution in [-0.2, 0) is 29.2 Å². The van der Waals surface area contributed by atoms with Crippen molar-refractivity contribution >= 4 is 29.4 Å². The van der Waals surface area contributed by atoms with Gasteiger partial charge in [0.1, 0.15) is 11.2 Å². The van der Waals surface area contributed by atoms with Crippen molar-refractivity contribution in [3.63, 3.8) is 0 Å². The first-order valence-corrected chi connectivity index (χ1v) is 11.1. The maximum atomic E-state index is 13.7. The summed E-state index contributed by atoms with van der Waals surface area (Å²) in [7, 11) is 1.23. The van der Waals surface area contributed by atoms with Gasteiger partial charge >= 0.3 is 5.97 Å². The average molecular weight is 481 g/mol. The summed E-state index contributed by atoms with van der Waals surface area (Å²) in [4.78, 5) is 45.0. The molecule has 0 spiro atoms. The molecule has 0 fully saturated rings. The molecule has 1 aromatic heterocycles. The predicted molar refractivity (Wildman–Crippen MR) is 126 cm³/mol. The largest absolute Gasteiger partial charge is 0.464 e. The Kier molecular flexibility index (Phi) is 6.43. The minimum atomic E-state index is -1.24. The van der Waals surface area contributed by atoms with Crippen LogP contribution in [0.5, 0.6) is 0 Å². The van der Waals surface area contributed by atoms with Gasteiger partial charge in [0.2, 0.25) is 5.91 Å². The number of esters is 1. The zero-order chi connectivity index (χ0) is 24.5. The summed E-state index contributed by atoms with van der Waals surface area (Å²) < 4.78 is 6.33. The van der Waals surface area contributed by atoms with Crippen LogP contribution in [0, 0.1) is 6.92 Å². The smallest absolute Gasteiger partial charge is 0.359 e. The first-order chi connectivity index (χ1) is 16.2. The quantitative estimate of drug-likeness (QED) is 0.546. The van der Waals surface area contributed by atoms with E-state index in [4.69, 9.17) is 16.3 Å². The number of nitrogens with one attached hydrogen (secondary N) is 1. The van der Waals surface area contributed by atoms with E-state index in [1.807, 2.05) is 37.3 Å². The number of halogens is 1. The van der Waals surface area contributed by atoms with Gasteiger partial charge in [0.05, 0.1) is 20.0 Å². The summed E-state index contributed by atoms with van der Waals surface area (Å²) >= 11 is 6.15. The third-order valence-electron chi connectivity index (χ3n) is 6.03. The van der Waals surface area contributed by atoms with Gasteiger partial charge in [-0.25, -0.2) is 9.78 Å². The Hall–Kier alpha value is -3.65. The molecule has 3 aromatic rings. The number of carbonyl (C=O) groups is 3. The van der Waals surface area contributed by atoms with Crippen molar-refractivity contribution < 1.29 is 19.1 Å². The summed E-state index contributed by atoms with van der Waals surface area (Å²) in [5, 5.41) is 3.48. The van der Waals surface area contributed by atoms with Crippen LogP contribution in [0.15, 0.2) is 54.9 Å². The number of ether oxygens (including phenoxy) is 1. The van der Waals surface area contributed by atoms with E-state index in [-0.39, 0.29) is 30.4 Å². The second-order valence-electron chi connectivity index (χ2n) is 8.52. The number of hydrogen-bond donors (Lipinski definition) is 1. The predicted octanol–water partition coefficient (Wildman–Crippen LogP) is 3.36. The van der Waals surface area contributed by atoms with Gasteiger partial charge in [-0.2, -0.15) is 0 Å². The normalized spacial score (nSPS) is 17.3. The molecule has 176 valence electrons. The van der Waals surface area contributed by atoms with E-state index in [1.165, 1.54) is 22.9 Å². The number of rotatable bonds is 6. The highest BCUT2D eigenvalue weighted by atomic mass is 35.5. The summed E-state index contributed by atoms with van der Waals surface area (Å²) in [6.07, 6.45) is 1.39. The third-order valence-corrected chi connectivity index (χ3v) is 6.27. The summed E-state index contributed by atoms with van der Waals surface area (Å²) in [5.74, 6) is -1.52. The topological polar surface area (TPSA) is 93.5 Å². The fraction of sp³-hybridized carbons (Fsp3) is 0.280. The number of carbonyl (C=O) groups excluding carboxylic acids is 3. The fourth-order valence-corrected chi connectivity index (χ4v) is 4.29. The van der Waals surface area contributed by atoms with Crippen LogP contribution in [0.3, 0.4) is 0 Å².